The quantitative estimate of drug-likeness (QED) is 0.382. The van der Waals surface area contributed by atoms with Crippen molar-refractivity contribution in [2.75, 3.05) is 19.8 Å². The third-order valence-electron chi connectivity index (χ3n) is 7.18. The summed E-state index contributed by atoms with van der Waals surface area (Å²) in [4.78, 5) is 12.0. The van der Waals surface area contributed by atoms with Gasteiger partial charge in [-0.2, -0.15) is 5.10 Å². The number of hydrogen-bond acceptors (Lipinski definition) is 6. The molecule has 2 aliphatic rings. The number of carboxylic acid groups (broad SMARTS) is 1. The van der Waals surface area contributed by atoms with Gasteiger partial charge in [0.1, 0.15) is 11.3 Å². The normalized spacial score (nSPS) is 21.1. The molecule has 9 heteroatoms. The average molecular weight is 500 g/mol. The first-order valence-corrected chi connectivity index (χ1v) is 12.7. The van der Waals surface area contributed by atoms with Gasteiger partial charge in [-0.25, -0.2) is 9.48 Å². The van der Waals surface area contributed by atoms with Gasteiger partial charge in [0.05, 0.1) is 36.5 Å². The lowest BCUT2D eigenvalue weighted by atomic mass is 10.0. The average Bonchev–Trinajstić information content (AvgIpc) is 3.37. The molecule has 190 valence electrons. The number of aromatic nitrogens is 5. The van der Waals surface area contributed by atoms with Gasteiger partial charge in [-0.05, 0) is 54.7 Å². The summed E-state index contributed by atoms with van der Waals surface area (Å²) in [5, 5.41) is 22.6. The third kappa shape index (κ3) is 4.86. The molecule has 1 aliphatic heterocycles. The fourth-order valence-electron chi connectivity index (χ4n) is 5.18. The maximum Gasteiger partial charge on any atom is 0.339 e. The standard InChI is InChI=1S/C28H29N5O4/c1-32-15-26(30-31-32)23-13-24(23)27-25(28(34)35)14-29-33(27)21-8-2-6-19(11-21)20-7-3-9-22(12-20)37-17-18-5-4-10-36-16-18/h2-3,6-9,11-12,14-15,18,23-24H,4-5,10,13,16-17H2,1H3,(H,34,35). The van der Waals surface area contributed by atoms with E-state index in [1.54, 1.807) is 9.36 Å². The summed E-state index contributed by atoms with van der Waals surface area (Å²) < 4.78 is 15.1. The Kier molecular flexibility index (Phi) is 6.21. The molecule has 37 heavy (non-hydrogen) atoms. The van der Waals surface area contributed by atoms with E-state index in [1.807, 2.05) is 61.8 Å². The molecule has 4 aromatic rings. The van der Waals surface area contributed by atoms with Crippen LogP contribution in [-0.4, -0.2) is 55.7 Å². The summed E-state index contributed by atoms with van der Waals surface area (Å²) >= 11 is 0. The molecule has 9 nitrogen and oxygen atoms in total. The maximum atomic E-state index is 12.0. The Morgan fingerprint density at radius 3 is 2.76 bits per heavy atom. The summed E-state index contributed by atoms with van der Waals surface area (Å²) in [7, 11) is 1.83. The molecule has 3 unspecified atom stereocenters. The maximum absolute atomic E-state index is 12.0. The molecule has 1 saturated carbocycles. The minimum absolute atomic E-state index is 0.0226. The number of carboxylic acids is 1. The predicted molar refractivity (Wildman–Crippen MR) is 136 cm³/mol. The van der Waals surface area contributed by atoms with Crippen LogP contribution >= 0.6 is 0 Å². The van der Waals surface area contributed by atoms with Crippen molar-refractivity contribution in [3.05, 3.63) is 77.9 Å². The summed E-state index contributed by atoms with van der Waals surface area (Å²) in [5.74, 6) is 0.431. The molecule has 0 bridgehead atoms. The second-order valence-corrected chi connectivity index (χ2v) is 9.90. The Morgan fingerprint density at radius 2 is 2.00 bits per heavy atom. The zero-order valence-electron chi connectivity index (χ0n) is 20.7. The fraction of sp³-hybridized carbons (Fsp3) is 0.357. The molecule has 2 aromatic heterocycles. The number of rotatable bonds is 8. The summed E-state index contributed by atoms with van der Waals surface area (Å²) in [6, 6.07) is 16.1. The van der Waals surface area contributed by atoms with E-state index in [0.717, 1.165) is 60.7 Å². The van der Waals surface area contributed by atoms with Crippen LogP contribution in [0.3, 0.4) is 0 Å². The number of ether oxygens (including phenoxy) is 2. The zero-order chi connectivity index (χ0) is 25.4. The van der Waals surface area contributed by atoms with Crippen molar-refractivity contribution in [2.45, 2.75) is 31.1 Å². The fourth-order valence-corrected chi connectivity index (χ4v) is 5.18. The van der Waals surface area contributed by atoms with Crippen molar-refractivity contribution in [3.63, 3.8) is 0 Å². The Labute approximate surface area is 214 Å². The molecule has 1 N–H and O–H groups in total. The van der Waals surface area contributed by atoms with Crippen LogP contribution in [0.1, 0.15) is 52.8 Å². The second-order valence-electron chi connectivity index (χ2n) is 9.90. The van der Waals surface area contributed by atoms with E-state index >= 15 is 0 Å². The van der Waals surface area contributed by atoms with Gasteiger partial charge in [0.15, 0.2) is 0 Å². The Balaban J connectivity index is 1.27. The predicted octanol–water partition coefficient (Wildman–Crippen LogP) is 4.44. The topological polar surface area (TPSA) is 104 Å². The summed E-state index contributed by atoms with van der Waals surface area (Å²) in [5.41, 5.74) is 4.65. The van der Waals surface area contributed by atoms with Gasteiger partial charge in [-0.15, -0.1) is 5.10 Å². The van der Waals surface area contributed by atoms with Crippen LogP contribution in [0, 0.1) is 5.92 Å². The molecule has 0 radical (unpaired) electrons. The molecule has 2 aromatic carbocycles. The van der Waals surface area contributed by atoms with Crippen LogP contribution in [0.2, 0.25) is 0 Å². The molecule has 3 atom stereocenters. The summed E-state index contributed by atoms with van der Waals surface area (Å²) in [6.07, 6.45) is 6.36. The molecule has 1 aliphatic carbocycles. The Morgan fingerprint density at radius 1 is 1.16 bits per heavy atom. The van der Waals surface area contributed by atoms with Crippen molar-refractivity contribution >= 4 is 5.97 Å². The smallest absolute Gasteiger partial charge is 0.339 e. The number of carbonyl (C=O) groups is 1. The molecule has 6 rings (SSSR count). The van der Waals surface area contributed by atoms with Gasteiger partial charge in [-0.3, -0.25) is 4.68 Å². The molecular weight excluding hydrogens is 470 g/mol. The second kappa shape index (κ2) is 9.82. The molecular formula is C28H29N5O4. The molecule has 2 fully saturated rings. The van der Waals surface area contributed by atoms with Crippen molar-refractivity contribution in [1.29, 1.82) is 0 Å². The van der Waals surface area contributed by atoms with Crippen LogP contribution in [0.15, 0.2) is 60.9 Å². The highest BCUT2D eigenvalue weighted by Gasteiger charge is 2.46. The number of nitrogens with zero attached hydrogens (tertiary/aromatic N) is 5. The lowest BCUT2D eigenvalue weighted by molar-refractivity contribution is 0.0352. The minimum atomic E-state index is -0.976. The molecule has 0 spiro atoms. The van der Waals surface area contributed by atoms with E-state index in [9.17, 15) is 9.90 Å². The number of hydrogen-bond donors (Lipinski definition) is 1. The first-order valence-electron chi connectivity index (χ1n) is 12.7. The van der Waals surface area contributed by atoms with E-state index in [4.69, 9.17) is 9.47 Å². The monoisotopic (exact) mass is 499 g/mol. The largest absolute Gasteiger partial charge is 0.493 e. The van der Waals surface area contributed by atoms with Crippen LogP contribution in [-0.2, 0) is 11.8 Å². The molecule has 1 saturated heterocycles. The van der Waals surface area contributed by atoms with Crippen LogP contribution < -0.4 is 4.74 Å². The van der Waals surface area contributed by atoms with E-state index in [-0.39, 0.29) is 17.4 Å². The van der Waals surface area contributed by atoms with Crippen LogP contribution in [0.4, 0.5) is 0 Å². The zero-order valence-corrected chi connectivity index (χ0v) is 20.7. The van der Waals surface area contributed by atoms with E-state index in [2.05, 4.69) is 15.4 Å². The molecule has 3 heterocycles. The van der Waals surface area contributed by atoms with E-state index < -0.39 is 5.97 Å². The van der Waals surface area contributed by atoms with Crippen LogP contribution in [0.5, 0.6) is 5.75 Å². The van der Waals surface area contributed by atoms with Gasteiger partial charge >= 0.3 is 5.97 Å². The van der Waals surface area contributed by atoms with Crippen molar-refractivity contribution < 1.29 is 19.4 Å². The first kappa shape index (κ1) is 23.4. The lowest BCUT2D eigenvalue weighted by Crippen LogP contribution is -2.23. The number of aromatic carboxylic acids is 1. The number of aryl methyl sites for hydroxylation is 1. The highest BCUT2D eigenvalue weighted by Crippen LogP contribution is 2.55. The first-order chi connectivity index (χ1) is 18.1. The molecule has 0 amide bonds. The Hall–Kier alpha value is -3.98. The highest BCUT2D eigenvalue weighted by atomic mass is 16.5. The van der Waals surface area contributed by atoms with Gasteiger partial charge in [-0.1, -0.05) is 29.5 Å². The highest BCUT2D eigenvalue weighted by molar-refractivity contribution is 5.89. The van der Waals surface area contributed by atoms with Gasteiger partial charge < -0.3 is 14.6 Å². The van der Waals surface area contributed by atoms with Gasteiger partial charge in [0.25, 0.3) is 0 Å². The van der Waals surface area contributed by atoms with Crippen molar-refractivity contribution in [2.24, 2.45) is 13.0 Å². The number of benzene rings is 2. The van der Waals surface area contributed by atoms with E-state index in [1.165, 1.54) is 6.20 Å². The Bertz CT molecular complexity index is 1420. The van der Waals surface area contributed by atoms with Gasteiger partial charge in [0.2, 0.25) is 0 Å². The SMILES string of the molecule is Cn1cc(C2CC2c2c(C(=O)O)cnn2-c2cccc(-c3cccc(OCC4CCCOC4)c3)c2)nn1. The van der Waals surface area contributed by atoms with Crippen molar-refractivity contribution in [3.8, 4) is 22.6 Å². The minimum Gasteiger partial charge on any atom is -0.493 e. The third-order valence-corrected chi connectivity index (χ3v) is 7.18. The summed E-state index contributed by atoms with van der Waals surface area (Å²) in [6.45, 7) is 2.24. The van der Waals surface area contributed by atoms with Crippen LogP contribution in [0.25, 0.3) is 16.8 Å². The lowest BCUT2D eigenvalue weighted by Gasteiger charge is -2.22. The van der Waals surface area contributed by atoms with Crippen molar-refractivity contribution in [1.82, 2.24) is 24.8 Å². The van der Waals surface area contributed by atoms with Gasteiger partial charge in [0, 0.05) is 37.6 Å². The van der Waals surface area contributed by atoms with E-state index in [0.29, 0.717) is 18.2 Å².